The summed E-state index contributed by atoms with van der Waals surface area (Å²) in [5.74, 6) is -1.36. The normalized spacial score (nSPS) is 8.59. The Morgan fingerprint density at radius 3 is 1.24 bits per heavy atom. The Morgan fingerprint density at radius 1 is 0.765 bits per heavy atom. The van der Waals surface area contributed by atoms with E-state index in [4.69, 9.17) is 10.2 Å². The fraction of sp³-hybridized carbons (Fsp3) is 0.833. The van der Waals surface area contributed by atoms with E-state index in [2.05, 4.69) is 13.8 Å². The number of hydrogen-bond acceptors (Lipinski definition) is 2. The SMILES string of the molecule is CCCCCC(=O)O.CCCCCC(=O)O.[Co]. The molecule has 2 N–H and O–H groups in total. The molecule has 0 heterocycles. The van der Waals surface area contributed by atoms with Crippen LogP contribution in [0.1, 0.15) is 65.2 Å². The van der Waals surface area contributed by atoms with E-state index < -0.39 is 11.9 Å². The minimum atomic E-state index is -0.682. The number of aliphatic carboxylic acids is 2. The number of carboxylic acids is 2. The molecule has 1 radical (unpaired) electrons. The summed E-state index contributed by atoms with van der Waals surface area (Å²) in [6, 6.07) is 0. The number of carboxylic acid groups (broad SMARTS) is 2. The zero-order valence-electron chi connectivity index (χ0n) is 10.7. The maximum atomic E-state index is 9.87. The minimum absolute atomic E-state index is 0. The molecule has 4 nitrogen and oxygen atoms in total. The van der Waals surface area contributed by atoms with Crippen LogP contribution in [0.2, 0.25) is 0 Å². The molecule has 5 heteroatoms. The summed E-state index contributed by atoms with van der Waals surface area (Å²) in [6.45, 7) is 4.11. The van der Waals surface area contributed by atoms with Crippen LogP contribution in [0, 0.1) is 0 Å². The molecule has 0 aromatic carbocycles. The van der Waals surface area contributed by atoms with Crippen LogP contribution in [0.5, 0.6) is 0 Å². The van der Waals surface area contributed by atoms with Gasteiger partial charge in [0, 0.05) is 29.6 Å². The smallest absolute Gasteiger partial charge is 0.303 e. The second-order valence-electron chi connectivity index (χ2n) is 3.70. The zero-order valence-corrected chi connectivity index (χ0v) is 11.7. The third-order valence-electron chi connectivity index (χ3n) is 1.99. The summed E-state index contributed by atoms with van der Waals surface area (Å²) < 4.78 is 0. The molecule has 0 spiro atoms. The standard InChI is InChI=1S/2C6H12O2.Co/c2*1-2-3-4-5-6(7)8;/h2*2-5H2,1H3,(H,7,8);. The van der Waals surface area contributed by atoms with E-state index in [0.717, 1.165) is 38.5 Å². The monoisotopic (exact) mass is 291 g/mol. The van der Waals surface area contributed by atoms with Gasteiger partial charge < -0.3 is 10.2 Å². The first kappa shape index (κ1) is 21.7. The van der Waals surface area contributed by atoms with Crippen LogP contribution < -0.4 is 0 Å². The molecule has 0 bridgehead atoms. The summed E-state index contributed by atoms with van der Waals surface area (Å²) in [7, 11) is 0. The Bertz CT molecular complexity index is 163. The van der Waals surface area contributed by atoms with Gasteiger partial charge in [0.25, 0.3) is 0 Å². The van der Waals surface area contributed by atoms with Gasteiger partial charge in [-0.15, -0.1) is 0 Å². The van der Waals surface area contributed by atoms with E-state index in [-0.39, 0.29) is 16.8 Å². The molecule has 105 valence electrons. The van der Waals surface area contributed by atoms with Crippen molar-refractivity contribution in [3.63, 3.8) is 0 Å². The van der Waals surface area contributed by atoms with Gasteiger partial charge in [0.05, 0.1) is 0 Å². The minimum Gasteiger partial charge on any atom is -0.481 e. The third-order valence-corrected chi connectivity index (χ3v) is 1.99. The van der Waals surface area contributed by atoms with Gasteiger partial charge in [0.2, 0.25) is 0 Å². The Hall–Kier alpha value is -0.554. The molecular formula is C12H24CoO4. The largest absolute Gasteiger partial charge is 0.481 e. The maximum absolute atomic E-state index is 9.87. The van der Waals surface area contributed by atoms with E-state index in [1.54, 1.807) is 0 Å². The first-order chi connectivity index (χ1) is 7.54. The van der Waals surface area contributed by atoms with Crippen molar-refractivity contribution in [2.75, 3.05) is 0 Å². The molecule has 0 fully saturated rings. The van der Waals surface area contributed by atoms with Crippen molar-refractivity contribution in [2.45, 2.75) is 65.2 Å². The number of hydrogen-bond donors (Lipinski definition) is 2. The van der Waals surface area contributed by atoms with E-state index >= 15 is 0 Å². The van der Waals surface area contributed by atoms with E-state index in [9.17, 15) is 9.59 Å². The topological polar surface area (TPSA) is 74.6 Å². The molecule has 0 amide bonds. The van der Waals surface area contributed by atoms with Gasteiger partial charge in [-0.05, 0) is 12.8 Å². The molecule has 0 aliphatic rings. The fourth-order valence-corrected chi connectivity index (χ4v) is 1.05. The number of carbonyl (C=O) groups is 2. The van der Waals surface area contributed by atoms with Crippen LogP contribution in [-0.2, 0) is 26.4 Å². The van der Waals surface area contributed by atoms with Crippen molar-refractivity contribution < 1.29 is 36.6 Å². The average molecular weight is 291 g/mol. The van der Waals surface area contributed by atoms with Crippen LogP contribution >= 0.6 is 0 Å². The van der Waals surface area contributed by atoms with Crippen molar-refractivity contribution in [1.29, 1.82) is 0 Å². The molecule has 0 aliphatic heterocycles. The molecule has 0 saturated heterocycles. The van der Waals surface area contributed by atoms with E-state index in [1.165, 1.54) is 0 Å². The maximum Gasteiger partial charge on any atom is 0.303 e. The second-order valence-corrected chi connectivity index (χ2v) is 3.70. The molecule has 0 atom stereocenters. The zero-order chi connectivity index (χ0) is 12.8. The predicted molar refractivity (Wildman–Crippen MR) is 63.6 cm³/mol. The van der Waals surface area contributed by atoms with Crippen LogP contribution in [0.3, 0.4) is 0 Å². The molecule has 0 unspecified atom stereocenters. The van der Waals surface area contributed by atoms with Crippen LogP contribution in [0.4, 0.5) is 0 Å². The van der Waals surface area contributed by atoms with Crippen molar-refractivity contribution >= 4 is 11.9 Å². The number of rotatable bonds is 8. The first-order valence-electron chi connectivity index (χ1n) is 5.98. The van der Waals surface area contributed by atoms with Gasteiger partial charge in [0.1, 0.15) is 0 Å². The third kappa shape index (κ3) is 31.3. The van der Waals surface area contributed by atoms with Crippen molar-refractivity contribution in [2.24, 2.45) is 0 Å². The van der Waals surface area contributed by atoms with Gasteiger partial charge in [-0.3, -0.25) is 9.59 Å². The van der Waals surface area contributed by atoms with Gasteiger partial charge in [-0.2, -0.15) is 0 Å². The summed E-state index contributed by atoms with van der Waals surface area (Å²) in [5.41, 5.74) is 0. The summed E-state index contributed by atoms with van der Waals surface area (Å²) in [5, 5.41) is 16.3. The van der Waals surface area contributed by atoms with Gasteiger partial charge in [-0.25, -0.2) is 0 Å². The quantitative estimate of drug-likeness (QED) is 0.673. The molecule has 17 heavy (non-hydrogen) atoms. The fourth-order valence-electron chi connectivity index (χ4n) is 1.05. The first-order valence-corrected chi connectivity index (χ1v) is 5.98. The summed E-state index contributed by atoms with van der Waals surface area (Å²) >= 11 is 0. The van der Waals surface area contributed by atoms with Crippen molar-refractivity contribution in [1.82, 2.24) is 0 Å². The summed E-state index contributed by atoms with van der Waals surface area (Å²) in [4.78, 5) is 19.7. The average Bonchev–Trinajstić information content (AvgIpc) is 2.18. The second kappa shape index (κ2) is 17.8. The van der Waals surface area contributed by atoms with Crippen LogP contribution in [0.25, 0.3) is 0 Å². The van der Waals surface area contributed by atoms with E-state index in [0.29, 0.717) is 12.8 Å². The molecule has 0 aromatic rings. The molecule has 0 aromatic heterocycles. The van der Waals surface area contributed by atoms with E-state index in [1.807, 2.05) is 0 Å². The Morgan fingerprint density at radius 2 is 1.06 bits per heavy atom. The Balaban J connectivity index is -0.000000218. The van der Waals surface area contributed by atoms with Gasteiger partial charge in [0.15, 0.2) is 0 Å². The van der Waals surface area contributed by atoms with Crippen LogP contribution in [-0.4, -0.2) is 22.2 Å². The van der Waals surface area contributed by atoms with Crippen molar-refractivity contribution in [3.05, 3.63) is 0 Å². The van der Waals surface area contributed by atoms with Crippen molar-refractivity contribution in [3.8, 4) is 0 Å². The van der Waals surface area contributed by atoms with Gasteiger partial charge in [-0.1, -0.05) is 39.5 Å². The summed E-state index contributed by atoms with van der Waals surface area (Å²) in [6.07, 6.45) is 6.55. The Labute approximate surface area is 114 Å². The van der Waals surface area contributed by atoms with Gasteiger partial charge >= 0.3 is 11.9 Å². The van der Waals surface area contributed by atoms with Crippen LogP contribution in [0.15, 0.2) is 0 Å². The molecule has 0 rings (SSSR count). The molecular weight excluding hydrogens is 267 g/mol. The Kier molecular flexibility index (Phi) is 22.8. The molecule has 0 aliphatic carbocycles. The molecule has 0 saturated carbocycles. The predicted octanol–water partition coefficient (Wildman–Crippen LogP) is 3.30. The number of unbranched alkanes of at least 4 members (excludes halogenated alkanes) is 4.